The number of hydrogen-bond donors (Lipinski definition) is 0. The molecule has 306 valence electrons. The summed E-state index contributed by atoms with van der Waals surface area (Å²) < 4.78 is 0. The number of rotatable bonds is 7. The van der Waals surface area contributed by atoms with E-state index in [1.54, 1.807) is 0 Å². The fourth-order valence-electron chi connectivity index (χ4n) is 8.67. The van der Waals surface area contributed by atoms with Gasteiger partial charge in [-0.05, 0) is 140 Å². The Hall–Kier alpha value is -4.79. The predicted octanol–water partition coefficient (Wildman–Crippen LogP) is 17.2. The summed E-state index contributed by atoms with van der Waals surface area (Å²) in [5.41, 5.74) is 15.7. The third-order valence-electron chi connectivity index (χ3n) is 12.6. The standard InChI is InChI=1S/C56H65ClN2/c1-52(2,3)39-19-24-43(25-20-39)58(44-26-21-40(22-27-44)53(4,5)6)46-34-42(57)35-47(36-46)59(45-28-29-49-50(37-45)56(12,13)32-31-55(49,10)11)51-30-23-41(54(7,8)9)33-48(51)38-17-15-14-16-18-38/h14-30,33-37H,31-32H2,1-13H3. The van der Waals surface area contributed by atoms with Crippen LogP contribution in [0.5, 0.6) is 0 Å². The Kier molecular flexibility index (Phi) is 11.0. The topological polar surface area (TPSA) is 6.48 Å². The number of nitrogens with zero attached hydrogens (tertiary/aromatic N) is 2. The first-order chi connectivity index (χ1) is 27.5. The van der Waals surface area contributed by atoms with Gasteiger partial charge in [0.1, 0.15) is 0 Å². The average Bonchev–Trinajstić information content (AvgIpc) is 3.16. The second-order valence-corrected chi connectivity index (χ2v) is 21.7. The van der Waals surface area contributed by atoms with E-state index < -0.39 is 0 Å². The largest absolute Gasteiger partial charge is 0.310 e. The summed E-state index contributed by atoms with van der Waals surface area (Å²) in [6, 6.07) is 49.7. The molecular formula is C56H65ClN2. The number of benzene rings is 6. The summed E-state index contributed by atoms with van der Waals surface area (Å²) in [7, 11) is 0. The Morgan fingerprint density at radius 1 is 0.424 bits per heavy atom. The molecule has 1 aliphatic rings. The molecule has 0 fully saturated rings. The van der Waals surface area contributed by atoms with E-state index in [-0.39, 0.29) is 27.1 Å². The molecular weight excluding hydrogens is 736 g/mol. The summed E-state index contributed by atoms with van der Waals surface area (Å²) in [5, 5.41) is 0.678. The molecule has 7 rings (SSSR count). The van der Waals surface area contributed by atoms with Gasteiger partial charge in [0.2, 0.25) is 0 Å². The van der Waals surface area contributed by atoms with Gasteiger partial charge in [-0.3, -0.25) is 0 Å². The van der Waals surface area contributed by atoms with Gasteiger partial charge in [-0.15, -0.1) is 0 Å². The van der Waals surface area contributed by atoms with E-state index in [0.717, 1.165) is 40.5 Å². The fourth-order valence-corrected chi connectivity index (χ4v) is 8.90. The molecule has 6 aromatic rings. The highest BCUT2D eigenvalue weighted by Gasteiger charge is 2.38. The van der Waals surface area contributed by atoms with E-state index in [1.165, 1.54) is 45.4 Å². The van der Waals surface area contributed by atoms with Crippen molar-refractivity contribution in [1.29, 1.82) is 0 Å². The fraction of sp³-hybridized carbons (Fsp3) is 0.357. The smallest absolute Gasteiger partial charge is 0.0540 e. The molecule has 2 nitrogen and oxygen atoms in total. The Labute approximate surface area is 361 Å². The minimum atomic E-state index is -0.0247. The van der Waals surface area contributed by atoms with Crippen LogP contribution in [-0.2, 0) is 27.1 Å². The molecule has 0 bridgehead atoms. The Morgan fingerprint density at radius 3 is 1.39 bits per heavy atom. The van der Waals surface area contributed by atoms with E-state index in [2.05, 4.69) is 233 Å². The lowest BCUT2D eigenvalue weighted by Gasteiger charge is -2.42. The van der Waals surface area contributed by atoms with E-state index in [4.69, 9.17) is 11.6 Å². The molecule has 0 radical (unpaired) electrons. The van der Waals surface area contributed by atoms with Gasteiger partial charge in [0.05, 0.1) is 5.69 Å². The number of halogens is 1. The molecule has 0 heterocycles. The Balaban J connectivity index is 1.50. The minimum absolute atomic E-state index is 0.0247. The van der Waals surface area contributed by atoms with E-state index in [9.17, 15) is 0 Å². The van der Waals surface area contributed by atoms with Gasteiger partial charge in [0.25, 0.3) is 0 Å². The van der Waals surface area contributed by atoms with Gasteiger partial charge in [-0.1, -0.05) is 168 Å². The summed E-state index contributed by atoms with van der Waals surface area (Å²) in [6.45, 7) is 30.1. The molecule has 0 unspecified atom stereocenters. The van der Waals surface area contributed by atoms with Crippen molar-refractivity contribution < 1.29 is 0 Å². The van der Waals surface area contributed by atoms with Crippen molar-refractivity contribution in [2.75, 3.05) is 9.80 Å². The molecule has 3 heteroatoms. The van der Waals surface area contributed by atoms with Crippen LogP contribution in [0.1, 0.15) is 131 Å². The van der Waals surface area contributed by atoms with Gasteiger partial charge < -0.3 is 9.80 Å². The molecule has 0 spiro atoms. The van der Waals surface area contributed by atoms with Crippen LogP contribution in [0.15, 0.2) is 133 Å². The lowest BCUT2D eigenvalue weighted by atomic mass is 9.63. The summed E-state index contributed by atoms with van der Waals surface area (Å²) >= 11 is 7.34. The Bertz CT molecular complexity index is 2380. The van der Waals surface area contributed by atoms with Crippen LogP contribution in [0, 0.1) is 0 Å². The molecule has 0 saturated heterocycles. The molecule has 59 heavy (non-hydrogen) atoms. The van der Waals surface area contributed by atoms with Crippen molar-refractivity contribution >= 4 is 45.7 Å². The van der Waals surface area contributed by atoms with Crippen LogP contribution in [-0.4, -0.2) is 0 Å². The molecule has 0 atom stereocenters. The van der Waals surface area contributed by atoms with Crippen molar-refractivity contribution in [3.05, 3.63) is 166 Å². The number of hydrogen-bond acceptors (Lipinski definition) is 2. The summed E-state index contributed by atoms with van der Waals surface area (Å²) in [4.78, 5) is 4.80. The minimum Gasteiger partial charge on any atom is -0.310 e. The number of fused-ring (bicyclic) bond motifs is 1. The quantitative estimate of drug-likeness (QED) is 0.159. The lowest BCUT2D eigenvalue weighted by Crippen LogP contribution is -2.34. The number of anilines is 6. The zero-order chi connectivity index (χ0) is 42.7. The van der Waals surface area contributed by atoms with Crippen molar-refractivity contribution in [2.24, 2.45) is 0 Å². The van der Waals surface area contributed by atoms with Crippen molar-refractivity contribution in [2.45, 2.75) is 130 Å². The van der Waals surface area contributed by atoms with Crippen molar-refractivity contribution in [1.82, 2.24) is 0 Å². The molecule has 0 aromatic heterocycles. The SMILES string of the molecule is CC(C)(C)c1ccc(N(c2ccc(C(C)(C)C)cc2)c2cc(Cl)cc(N(c3ccc4c(c3)C(C)(C)CCC4(C)C)c3ccc(C(C)(C)C)cc3-c3ccccc3)c2)cc1. The summed E-state index contributed by atoms with van der Waals surface area (Å²) in [6.07, 6.45) is 2.31. The zero-order valence-corrected chi connectivity index (χ0v) is 38.6. The van der Waals surface area contributed by atoms with Crippen LogP contribution < -0.4 is 9.80 Å². The van der Waals surface area contributed by atoms with Gasteiger partial charge in [0, 0.05) is 39.0 Å². The summed E-state index contributed by atoms with van der Waals surface area (Å²) in [5.74, 6) is 0. The van der Waals surface area contributed by atoms with Crippen LogP contribution in [0.4, 0.5) is 34.1 Å². The maximum absolute atomic E-state index is 7.34. The van der Waals surface area contributed by atoms with E-state index in [0.29, 0.717) is 5.02 Å². The van der Waals surface area contributed by atoms with Crippen LogP contribution in [0.25, 0.3) is 11.1 Å². The monoisotopic (exact) mass is 800 g/mol. The second-order valence-electron chi connectivity index (χ2n) is 21.3. The van der Waals surface area contributed by atoms with Crippen molar-refractivity contribution in [3.8, 4) is 11.1 Å². The zero-order valence-electron chi connectivity index (χ0n) is 37.9. The van der Waals surface area contributed by atoms with Crippen LogP contribution >= 0.6 is 11.6 Å². The maximum Gasteiger partial charge on any atom is 0.0540 e. The first-order valence-electron chi connectivity index (χ1n) is 21.5. The molecule has 0 saturated carbocycles. The van der Waals surface area contributed by atoms with Gasteiger partial charge >= 0.3 is 0 Å². The third-order valence-corrected chi connectivity index (χ3v) is 12.9. The average molecular weight is 802 g/mol. The Morgan fingerprint density at radius 2 is 0.881 bits per heavy atom. The van der Waals surface area contributed by atoms with Gasteiger partial charge in [0.15, 0.2) is 0 Å². The second kappa shape index (κ2) is 15.3. The lowest BCUT2D eigenvalue weighted by molar-refractivity contribution is 0.332. The predicted molar refractivity (Wildman–Crippen MR) is 258 cm³/mol. The first-order valence-corrected chi connectivity index (χ1v) is 21.9. The molecule has 6 aromatic carbocycles. The highest BCUT2D eigenvalue weighted by molar-refractivity contribution is 6.31. The highest BCUT2D eigenvalue weighted by Crippen LogP contribution is 2.51. The molecule has 0 aliphatic heterocycles. The van der Waals surface area contributed by atoms with Crippen LogP contribution in [0.3, 0.4) is 0 Å². The molecule has 1 aliphatic carbocycles. The van der Waals surface area contributed by atoms with Crippen LogP contribution in [0.2, 0.25) is 5.02 Å². The van der Waals surface area contributed by atoms with E-state index in [1.807, 2.05) is 0 Å². The van der Waals surface area contributed by atoms with Gasteiger partial charge in [-0.25, -0.2) is 0 Å². The normalized spacial score (nSPS) is 15.1. The van der Waals surface area contributed by atoms with E-state index >= 15 is 0 Å². The highest BCUT2D eigenvalue weighted by atomic mass is 35.5. The van der Waals surface area contributed by atoms with Gasteiger partial charge in [-0.2, -0.15) is 0 Å². The first kappa shape index (κ1) is 42.3. The molecule has 0 amide bonds. The van der Waals surface area contributed by atoms with Crippen molar-refractivity contribution in [3.63, 3.8) is 0 Å². The maximum atomic E-state index is 7.34. The third kappa shape index (κ3) is 8.76. The molecule has 0 N–H and O–H groups in total.